The molecule has 4 heteroatoms. The number of imidazole rings is 1. The molecule has 0 radical (unpaired) electrons. The molecular formula is C14H23N3S. The predicted octanol–water partition coefficient (Wildman–Crippen LogP) is 3.48. The van der Waals surface area contributed by atoms with Crippen molar-refractivity contribution in [2.75, 3.05) is 0 Å². The van der Waals surface area contributed by atoms with E-state index in [1.165, 1.54) is 25.7 Å². The molecule has 3 nitrogen and oxygen atoms in total. The molecule has 0 aliphatic rings. The van der Waals surface area contributed by atoms with E-state index >= 15 is 0 Å². The summed E-state index contributed by atoms with van der Waals surface area (Å²) in [5, 5.41) is 2.06. The SMILES string of the molecule is CCCC(CCC)C(N)Cc1cn2ccsc2n1. The van der Waals surface area contributed by atoms with Gasteiger partial charge in [-0.2, -0.15) is 0 Å². The molecule has 0 aliphatic heterocycles. The topological polar surface area (TPSA) is 43.3 Å². The monoisotopic (exact) mass is 265 g/mol. The van der Waals surface area contributed by atoms with Gasteiger partial charge in [-0.05, 0) is 18.8 Å². The first kappa shape index (κ1) is 13.6. The molecule has 2 aromatic heterocycles. The largest absolute Gasteiger partial charge is 0.327 e. The third-order valence-electron chi connectivity index (χ3n) is 3.51. The first-order valence-electron chi connectivity index (χ1n) is 6.91. The van der Waals surface area contributed by atoms with E-state index in [2.05, 4.69) is 41.0 Å². The van der Waals surface area contributed by atoms with E-state index in [0.717, 1.165) is 17.1 Å². The first-order valence-corrected chi connectivity index (χ1v) is 7.79. The van der Waals surface area contributed by atoms with Crippen LogP contribution in [0.25, 0.3) is 4.96 Å². The molecule has 100 valence electrons. The Kier molecular flexibility index (Phi) is 4.78. The summed E-state index contributed by atoms with van der Waals surface area (Å²) in [5.41, 5.74) is 7.50. The van der Waals surface area contributed by atoms with Crippen LogP contribution in [0.2, 0.25) is 0 Å². The highest BCUT2D eigenvalue weighted by atomic mass is 32.1. The van der Waals surface area contributed by atoms with Gasteiger partial charge in [0.1, 0.15) is 0 Å². The summed E-state index contributed by atoms with van der Waals surface area (Å²) in [7, 11) is 0. The van der Waals surface area contributed by atoms with E-state index in [1.807, 2.05) is 0 Å². The van der Waals surface area contributed by atoms with Crippen molar-refractivity contribution >= 4 is 16.3 Å². The number of hydrogen-bond donors (Lipinski definition) is 1. The van der Waals surface area contributed by atoms with Gasteiger partial charge in [0.2, 0.25) is 0 Å². The Bertz CT molecular complexity index is 440. The third-order valence-corrected chi connectivity index (χ3v) is 4.28. The lowest BCUT2D eigenvalue weighted by Crippen LogP contribution is -2.32. The fraction of sp³-hybridized carbons (Fsp3) is 0.643. The Hall–Kier alpha value is -0.870. The number of nitrogens with zero attached hydrogens (tertiary/aromatic N) is 2. The normalized spacial score (nSPS) is 13.6. The summed E-state index contributed by atoms with van der Waals surface area (Å²) >= 11 is 1.68. The number of rotatable bonds is 7. The van der Waals surface area contributed by atoms with Crippen LogP contribution < -0.4 is 5.73 Å². The maximum atomic E-state index is 6.37. The van der Waals surface area contributed by atoms with Crippen molar-refractivity contribution in [3.63, 3.8) is 0 Å². The van der Waals surface area contributed by atoms with Gasteiger partial charge in [-0.25, -0.2) is 4.98 Å². The zero-order valence-corrected chi connectivity index (χ0v) is 12.1. The van der Waals surface area contributed by atoms with Crippen LogP contribution in [0.1, 0.15) is 45.2 Å². The summed E-state index contributed by atoms with van der Waals surface area (Å²) in [6, 6.07) is 0.245. The van der Waals surface area contributed by atoms with E-state index in [-0.39, 0.29) is 6.04 Å². The van der Waals surface area contributed by atoms with Crippen LogP contribution in [0.5, 0.6) is 0 Å². The van der Waals surface area contributed by atoms with E-state index in [9.17, 15) is 0 Å². The van der Waals surface area contributed by atoms with Crippen LogP contribution in [0.15, 0.2) is 17.8 Å². The summed E-state index contributed by atoms with van der Waals surface area (Å²) < 4.78 is 2.08. The third kappa shape index (κ3) is 3.12. The van der Waals surface area contributed by atoms with Crippen molar-refractivity contribution in [3.05, 3.63) is 23.5 Å². The second-order valence-electron chi connectivity index (χ2n) is 5.03. The van der Waals surface area contributed by atoms with Gasteiger partial charge in [-0.1, -0.05) is 26.7 Å². The Morgan fingerprint density at radius 2 is 2.06 bits per heavy atom. The minimum Gasteiger partial charge on any atom is -0.327 e. The van der Waals surface area contributed by atoms with Gasteiger partial charge in [0.25, 0.3) is 0 Å². The van der Waals surface area contributed by atoms with Crippen molar-refractivity contribution < 1.29 is 0 Å². The fourth-order valence-electron chi connectivity index (χ4n) is 2.60. The van der Waals surface area contributed by atoms with Crippen molar-refractivity contribution in [2.24, 2.45) is 11.7 Å². The Morgan fingerprint density at radius 1 is 1.33 bits per heavy atom. The molecule has 0 aromatic carbocycles. The summed E-state index contributed by atoms with van der Waals surface area (Å²) in [4.78, 5) is 5.69. The molecule has 1 atom stereocenters. The lowest BCUT2D eigenvalue weighted by Gasteiger charge is -2.22. The molecule has 18 heavy (non-hydrogen) atoms. The quantitative estimate of drug-likeness (QED) is 0.833. The van der Waals surface area contributed by atoms with E-state index < -0.39 is 0 Å². The molecule has 1 unspecified atom stereocenters. The van der Waals surface area contributed by atoms with Crippen LogP contribution in [-0.2, 0) is 6.42 Å². The molecule has 2 rings (SSSR count). The van der Waals surface area contributed by atoms with Crippen molar-refractivity contribution in [1.82, 2.24) is 9.38 Å². The van der Waals surface area contributed by atoms with Crippen LogP contribution in [0.3, 0.4) is 0 Å². The van der Waals surface area contributed by atoms with Crippen molar-refractivity contribution in [3.8, 4) is 0 Å². The minimum atomic E-state index is 0.245. The van der Waals surface area contributed by atoms with Gasteiger partial charge >= 0.3 is 0 Å². The lowest BCUT2D eigenvalue weighted by atomic mass is 9.88. The van der Waals surface area contributed by atoms with Crippen molar-refractivity contribution in [1.29, 1.82) is 0 Å². The van der Waals surface area contributed by atoms with Crippen LogP contribution in [-0.4, -0.2) is 15.4 Å². The van der Waals surface area contributed by atoms with Gasteiger partial charge in [0.15, 0.2) is 4.96 Å². The van der Waals surface area contributed by atoms with Crippen molar-refractivity contribution in [2.45, 2.75) is 52.0 Å². The lowest BCUT2D eigenvalue weighted by molar-refractivity contribution is 0.358. The van der Waals surface area contributed by atoms with Gasteiger partial charge in [0.05, 0.1) is 5.69 Å². The Balaban J connectivity index is 2.00. The van der Waals surface area contributed by atoms with Gasteiger partial charge in [-0.15, -0.1) is 11.3 Å². The van der Waals surface area contributed by atoms with E-state index in [4.69, 9.17) is 5.73 Å². The highest BCUT2D eigenvalue weighted by Crippen LogP contribution is 2.20. The average Bonchev–Trinajstić information content (AvgIpc) is 2.89. The number of nitrogens with two attached hydrogens (primary N) is 1. The second-order valence-corrected chi connectivity index (χ2v) is 5.90. The first-order chi connectivity index (χ1) is 8.74. The second kappa shape index (κ2) is 6.34. The highest BCUT2D eigenvalue weighted by molar-refractivity contribution is 7.15. The van der Waals surface area contributed by atoms with Gasteiger partial charge < -0.3 is 5.73 Å². The Morgan fingerprint density at radius 3 is 2.67 bits per heavy atom. The number of thiazole rings is 1. The summed E-state index contributed by atoms with van der Waals surface area (Å²) in [6.45, 7) is 4.48. The molecule has 0 saturated heterocycles. The molecule has 0 aliphatic carbocycles. The molecule has 2 heterocycles. The molecule has 2 N–H and O–H groups in total. The molecule has 0 amide bonds. The molecule has 0 saturated carbocycles. The fourth-order valence-corrected chi connectivity index (χ4v) is 3.32. The zero-order valence-electron chi connectivity index (χ0n) is 11.3. The number of aromatic nitrogens is 2. The highest BCUT2D eigenvalue weighted by Gasteiger charge is 2.18. The van der Waals surface area contributed by atoms with Crippen LogP contribution >= 0.6 is 11.3 Å². The maximum Gasteiger partial charge on any atom is 0.193 e. The number of hydrogen-bond acceptors (Lipinski definition) is 3. The standard InChI is InChI=1S/C14H23N3S/c1-3-5-11(6-4-2)13(15)9-12-10-17-7-8-18-14(17)16-12/h7-8,10-11,13H,3-6,9,15H2,1-2H3. The predicted molar refractivity (Wildman–Crippen MR) is 78.1 cm³/mol. The molecule has 0 spiro atoms. The summed E-state index contributed by atoms with van der Waals surface area (Å²) in [6.07, 6.45) is 9.97. The number of fused-ring (bicyclic) bond motifs is 1. The average molecular weight is 265 g/mol. The smallest absolute Gasteiger partial charge is 0.193 e. The maximum absolute atomic E-state index is 6.37. The van der Waals surface area contributed by atoms with Crippen LogP contribution in [0, 0.1) is 5.92 Å². The molecule has 0 bridgehead atoms. The van der Waals surface area contributed by atoms with Gasteiger partial charge in [-0.3, -0.25) is 4.40 Å². The van der Waals surface area contributed by atoms with E-state index in [1.54, 1.807) is 11.3 Å². The Labute approximate surface area is 113 Å². The van der Waals surface area contributed by atoms with Gasteiger partial charge in [0, 0.05) is 30.2 Å². The molecular weight excluding hydrogens is 242 g/mol. The minimum absolute atomic E-state index is 0.245. The summed E-state index contributed by atoms with van der Waals surface area (Å²) in [5.74, 6) is 0.639. The van der Waals surface area contributed by atoms with E-state index in [0.29, 0.717) is 5.92 Å². The molecule has 2 aromatic rings. The van der Waals surface area contributed by atoms with Crippen LogP contribution in [0.4, 0.5) is 0 Å². The zero-order chi connectivity index (χ0) is 13.0. The molecule has 0 fully saturated rings.